The Kier molecular flexibility index (Phi) is 4.82. The maximum Gasteiger partial charge on any atom is 0.266 e. The molecule has 0 atom stereocenters. The summed E-state index contributed by atoms with van der Waals surface area (Å²) in [5.41, 5.74) is 1.17. The lowest BCUT2D eigenvalue weighted by atomic mass is 10.1. The summed E-state index contributed by atoms with van der Waals surface area (Å²) in [5, 5.41) is 0.521. The summed E-state index contributed by atoms with van der Waals surface area (Å²) in [6.07, 6.45) is 0. The fourth-order valence-electron chi connectivity index (χ4n) is 2.97. The number of rotatable bonds is 4. The predicted molar refractivity (Wildman–Crippen MR) is 111 cm³/mol. The summed E-state index contributed by atoms with van der Waals surface area (Å²) in [5.74, 6) is -0.898. The molecule has 0 aromatic heterocycles. The first-order valence-electron chi connectivity index (χ1n) is 8.34. The lowest BCUT2D eigenvalue weighted by Gasteiger charge is -2.15. The molecule has 9 heteroatoms. The number of benzene rings is 3. The summed E-state index contributed by atoms with van der Waals surface area (Å²) >= 11 is 11.7. The third-order valence-corrected chi connectivity index (χ3v) is 6.51. The number of sulfonamides is 1. The average Bonchev–Trinajstić information content (AvgIpc) is 2.95. The van der Waals surface area contributed by atoms with Crippen molar-refractivity contribution in [2.75, 3.05) is 9.62 Å². The summed E-state index contributed by atoms with van der Waals surface area (Å²) in [6, 6.07) is 16.3. The minimum absolute atomic E-state index is 0.0380. The van der Waals surface area contributed by atoms with Crippen LogP contribution in [-0.2, 0) is 10.0 Å². The van der Waals surface area contributed by atoms with Gasteiger partial charge in [0.25, 0.3) is 21.8 Å². The molecule has 4 rings (SSSR count). The Balaban J connectivity index is 1.60. The van der Waals surface area contributed by atoms with E-state index in [1.54, 1.807) is 24.3 Å². The highest BCUT2D eigenvalue weighted by molar-refractivity contribution is 7.92. The van der Waals surface area contributed by atoms with Crippen LogP contribution in [0.1, 0.15) is 20.7 Å². The Hall–Kier alpha value is -2.87. The van der Waals surface area contributed by atoms with Gasteiger partial charge in [-0.2, -0.15) is 0 Å². The number of carbonyl (C=O) groups excluding carboxylic acids is 2. The monoisotopic (exact) mass is 446 g/mol. The smallest absolute Gasteiger partial charge is 0.266 e. The summed E-state index contributed by atoms with van der Waals surface area (Å²) in [7, 11) is -3.90. The van der Waals surface area contributed by atoms with Crippen molar-refractivity contribution in [1.82, 2.24) is 0 Å². The minimum Gasteiger partial charge on any atom is -0.280 e. The van der Waals surface area contributed by atoms with Crippen molar-refractivity contribution >= 4 is 56.4 Å². The van der Waals surface area contributed by atoms with Gasteiger partial charge in [0, 0.05) is 0 Å². The molecule has 6 nitrogen and oxygen atoms in total. The topological polar surface area (TPSA) is 83.6 Å². The van der Waals surface area contributed by atoms with E-state index in [1.165, 1.54) is 42.5 Å². The average molecular weight is 447 g/mol. The zero-order chi connectivity index (χ0) is 20.8. The highest BCUT2D eigenvalue weighted by atomic mass is 35.5. The van der Waals surface area contributed by atoms with E-state index in [2.05, 4.69) is 4.72 Å². The molecule has 0 spiro atoms. The summed E-state index contributed by atoms with van der Waals surface area (Å²) < 4.78 is 27.6. The van der Waals surface area contributed by atoms with Crippen molar-refractivity contribution in [3.05, 3.63) is 87.9 Å². The maximum atomic E-state index is 12.6. The third kappa shape index (κ3) is 3.48. The number of hydrogen-bond acceptors (Lipinski definition) is 4. The number of nitrogens with one attached hydrogen (secondary N) is 1. The highest BCUT2D eigenvalue weighted by Gasteiger charge is 2.36. The Morgan fingerprint density at radius 1 is 0.759 bits per heavy atom. The molecular formula is C20H12Cl2N2O4S. The SMILES string of the molecule is O=C1c2ccccc2C(=O)N1c1ccc(S(=O)(=O)Nc2ccc(Cl)c(Cl)c2)cc1. The molecule has 0 fully saturated rings. The third-order valence-electron chi connectivity index (χ3n) is 4.37. The normalized spacial score (nSPS) is 13.5. The molecule has 1 aliphatic rings. The van der Waals surface area contributed by atoms with Crippen LogP contribution in [0.15, 0.2) is 71.6 Å². The fourth-order valence-corrected chi connectivity index (χ4v) is 4.32. The lowest BCUT2D eigenvalue weighted by molar-refractivity contribution is 0.0926. The molecule has 0 radical (unpaired) electrons. The quantitative estimate of drug-likeness (QED) is 0.593. The molecular weight excluding hydrogens is 435 g/mol. The molecule has 0 unspecified atom stereocenters. The predicted octanol–water partition coefficient (Wildman–Crippen LogP) is 4.59. The standard InChI is InChI=1S/C20H12Cl2N2O4S/c21-17-10-5-12(11-18(17)22)23-29(27,28)14-8-6-13(7-9-14)24-19(25)15-3-1-2-4-16(15)20(24)26/h1-11,23H. The number of amides is 2. The summed E-state index contributed by atoms with van der Waals surface area (Å²) in [4.78, 5) is 26.1. The summed E-state index contributed by atoms with van der Waals surface area (Å²) in [6.45, 7) is 0. The van der Waals surface area contributed by atoms with Crippen LogP contribution in [0.2, 0.25) is 10.0 Å². The number of anilines is 2. The minimum atomic E-state index is -3.90. The number of fused-ring (bicyclic) bond motifs is 1. The molecule has 0 saturated carbocycles. The fraction of sp³-hybridized carbons (Fsp3) is 0. The van der Waals surface area contributed by atoms with E-state index < -0.39 is 21.8 Å². The van der Waals surface area contributed by atoms with E-state index in [1.807, 2.05) is 0 Å². The van der Waals surface area contributed by atoms with Crippen LogP contribution in [0.3, 0.4) is 0 Å². The Morgan fingerprint density at radius 2 is 1.34 bits per heavy atom. The molecule has 3 aromatic rings. The Morgan fingerprint density at radius 3 is 1.90 bits per heavy atom. The van der Waals surface area contributed by atoms with E-state index in [0.29, 0.717) is 16.1 Å². The number of halogens is 2. The molecule has 1 aliphatic heterocycles. The second kappa shape index (κ2) is 7.18. The van der Waals surface area contributed by atoms with Gasteiger partial charge in [-0.3, -0.25) is 14.3 Å². The van der Waals surface area contributed by atoms with Crippen LogP contribution >= 0.6 is 23.2 Å². The van der Waals surface area contributed by atoms with Gasteiger partial charge in [0.15, 0.2) is 0 Å². The van der Waals surface area contributed by atoms with Crippen LogP contribution in [0.5, 0.6) is 0 Å². The van der Waals surface area contributed by atoms with E-state index >= 15 is 0 Å². The van der Waals surface area contributed by atoms with E-state index in [9.17, 15) is 18.0 Å². The van der Waals surface area contributed by atoms with Crippen LogP contribution < -0.4 is 9.62 Å². The van der Waals surface area contributed by atoms with Gasteiger partial charge in [-0.25, -0.2) is 13.3 Å². The molecule has 0 bridgehead atoms. The number of hydrogen-bond donors (Lipinski definition) is 1. The highest BCUT2D eigenvalue weighted by Crippen LogP contribution is 2.30. The van der Waals surface area contributed by atoms with Crippen LogP contribution in [0.25, 0.3) is 0 Å². The number of carbonyl (C=O) groups is 2. The zero-order valence-corrected chi connectivity index (χ0v) is 16.9. The van der Waals surface area contributed by atoms with Crippen molar-refractivity contribution in [3.63, 3.8) is 0 Å². The largest absolute Gasteiger partial charge is 0.280 e. The van der Waals surface area contributed by atoms with Gasteiger partial charge in [-0.05, 0) is 54.6 Å². The van der Waals surface area contributed by atoms with Gasteiger partial charge >= 0.3 is 0 Å². The van der Waals surface area contributed by atoms with Crippen molar-refractivity contribution in [3.8, 4) is 0 Å². The first-order valence-corrected chi connectivity index (χ1v) is 10.6. The van der Waals surface area contributed by atoms with Gasteiger partial charge in [-0.1, -0.05) is 35.3 Å². The van der Waals surface area contributed by atoms with Crippen molar-refractivity contribution in [2.24, 2.45) is 0 Å². The van der Waals surface area contributed by atoms with Crippen molar-refractivity contribution < 1.29 is 18.0 Å². The van der Waals surface area contributed by atoms with Crippen LogP contribution in [0.4, 0.5) is 11.4 Å². The first-order chi connectivity index (χ1) is 13.8. The van der Waals surface area contributed by atoms with Crippen molar-refractivity contribution in [2.45, 2.75) is 4.90 Å². The van der Waals surface area contributed by atoms with Gasteiger partial charge in [-0.15, -0.1) is 0 Å². The van der Waals surface area contributed by atoms with Crippen LogP contribution in [-0.4, -0.2) is 20.2 Å². The first kappa shape index (κ1) is 19.4. The van der Waals surface area contributed by atoms with Crippen LogP contribution in [0, 0.1) is 0 Å². The van der Waals surface area contributed by atoms with Crippen molar-refractivity contribution in [1.29, 1.82) is 0 Å². The lowest BCUT2D eigenvalue weighted by Crippen LogP contribution is -2.29. The van der Waals surface area contributed by atoms with E-state index in [4.69, 9.17) is 23.2 Å². The Bertz CT molecular complexity index is 1220. The van der Waals surface area contributed by atoms with Gasteiger partial charge < -0.3 is 0 Å². The molecule has 29 heavy (non-hydrogen) atoms. The molecule has 1 heterocycles. The second-order valence-electron chi connectivity index (χ2n) is 6.22. The number of imide groups is 1. The number of nitrogens with zero attached hydrogens (tertiary/aromatic N) is 1. The second-order valence-corrected chi connectivity index (χ2v) is 8.72. The molecule has 3 aromatic carbocycles. The van der Waals surface area contributed by atoms with Gasteiger partial charge in [0.05, 0.1) is 37.4 Å². The molecule has 0 aliphatic carbocycles. The zero-order valence-electron chi connectivity index (χ0n) is 14.6. The molecule has 2 amide bonds. The van der Waals surface area contributed by atoms with Gasteiger partial charge in [0.2, 0.25) is 0 Å². The van der Waals surface area contributed by atoms with Gasteiger partial charge in [0.1, 0.15) is 0 Å². The Labute approximate surface area is 176 Å². The van der Waals surface area contributed by atoms with E-state index in [-0.39, 0.29) is 21.3 Å². The molecule has 146 valence electrons. The maximum absolute atomic E-state index is 12.6. The van der Waals surface area contributed by atoms with E-state index in [0.717, 1.165) is 4.90 Å². The molecule has 1 N–H and O–H groups in total. The molecule has 0 saturated heterocycles.